The molecule has 0 spiro atoms. The van der Waals surface area contributed by atoms with E-state index in [1.54, 1.807) is 6.07 Å². The Labute approximate surface area is 78.6 Å². The van der Waals surface area contributed by atoms with Crippen LogP contribution in [-0.4, -0.2) is 11.0 Å². The van der Waals surface area contributed by atoms with E-state index in [4.69, 9.17) is 4.74 Å². The maximum Gasteiger partial charge on any atom is 0.412 e. The first kappa shape index (κ1) is 8.49. The molecule has 2 aliphatic rings. The number of nitrogens with one attached hydrogen (secondary N) is 1. The molecular formula is C8H6N2O4. The maximum absolute atomic E-state index is 10.9. The van der Waals surface area contributed by atoms with Gasteiger partial charge in [-0.05, 0) is 11.6 Å². The first-order valence-electron chi connectivity index (χ1n) is 3.88. The molecule has 14 heavy (non-hydrogen) atoms. The smallest absolute Gasteiger partial charge is 0.412 e. The molecule has 1 aromatic carbocycles. The minimum atomic E-state index is -0.672. The van der Waals surface area contributed by atoms with Crippen LogP contribution < -0.4 is 5.32 Å². The third-order valence-corrected chi connectivity index (χ3v) is 1.87. The van der Waals surface area contributed by atoms with E-state index in [2.05, 4.69) is 5.32 Å². The lowest BCUT2D eigenvalue weighted by Gasteiger charge is -2.12. The summed E-state index contributed by atoms with van der Waals surface area (Å²) in [6.07, 6.45) is -0.672. The van der Waals surface area contributed by atoms with Crippen LogP contribution in [0.5, 0.6) is 0 Å². The van der Waals surface area contributed by atoms with Crippen molar-refractivity contribution in [3.63, 3.8) is 0 Å². The van der Waals surface area contributed by atoms with Gasteiger partial charge < -0.3 is 4.74 Å². The molecule has 0 radical (unpaired) electrons. The Bertz CT molecular complexity index is 416. The summed E-state index contributed by atoms with van der Waals surface area (Å²) in [6.45, 7) is 0.0486. The molecule has 1 N–H and O–H groups in total. The third kappa shape index (κ3) is 1.37. The number of rotatable bonds is 1. The highest BCUT2D eigenvalue weighted by Gasteiger charge is 2.20. The summed E-state index contributed by atoms with van der Waals surface area (Å²) in [7, 11) is 0. The lowest BCUT2D eigenvalue weighted by atomic mass is 10.1. The number of hydrogen-bond donors (Lipinski definition) is 1. The van der Waals surface area contributed by atoms with Crippen molar-refractivity contribution >= 4 is 17.5 Å². The van der Waals surface area contributed by atoms with Gasteiger partial charge in [-0.2, -0.15) is 0 Å². The van der Waals surface area contributed by atoms with Gasteiger partial charge in [0, 0.05) is 6.07 Å². The van der Waals surface area contributed by atoms with Gasteiger partial charge in [0.1, 0.15) is 12.3 Å². The number of carbonyl (C=O) groups excluding carboxylic acids is 1. The molecule has 1 amide bonds. The summed E-state index contributed by atoms with van der Waals surface area (Å²) < 4.78 is 4.72. The lowest BCUT2D eigenvalue weighted by molar-refractivity contribution is -0.384. The molecule has 0 saturated heterocycles. The third-order valence-electron chi connectivity index (χ3n) is 1.87. The van der Waals surface area contributed by atoms with Crippen LogP contribution in [0.1, 0.15) is 5.56 Å². The second-order valence-electron chi connectivity index (χ2n) is 2.81. The van der Waals surface area contributed by atoms with Crippen molar-refractivity contribution in [3.8, 4) is 0 Å². The first-order valence-corrected chi connectivity index (χ1v) is 3.88. The van der Waals surface area contributed by atoms with Crippen molar-refractivity contribution in [2.45, 2.75) is 6.61 Å². The van der Waals surface area contributed by atoms with Crippen LogP contribution in [0.25, 0.3) is 0 Å². The average molecular weight is 194 g/mol. The number of benzene rings is 1. The second kappa shape index (κ2) is 2.99. The van der Waals surface area contributed by atoms with Crippen molar-refractivity contribution in [1.29, 1.82) is 0 Å². The van der Waals surface area contributed by atoms with Crippen LogP contribution in [-0.2, 0) is 11.3 Å². The van der Waals surface area contributed by atoms with E-state index in [9.17, 15) is 14.9 Å². The summed E-state index contributed by atoms with van der Waals surface area (Å²) in [4.78, 5) is 21.0. The molecule has 0 aliphatic carbocycles. The monoisotopic (exact) mass is 194 g/mol. The van der Waals surface area contributed by atoms with Gasteiger partial charge in [0.05, 0.1) is 4.92 Å². The van der Waals surface area contributed by atoms with Crippen LogP contribution >= 0.6 is 0 Å². The van der Waals surface area contributed by atoms with Crippen molar-refractivity contribution in [1.82, 2.24) is 0 Å². The number of nitro groups is 1. The Morgan fingerprint density at radius 1 is 1.50 bits per heavy atom. The zero-order valence-corrected chi connectivity index (χ0v) is 7.02. The fraction of sp³-hybridized carbons (Fsp3) is 0.125. The molecular weight excluding hydrogens is 188 g/mol. The van der Waals surface area contributed by atoms with Gasteiger partial charge in [0.2, 0.25) is 0 Å². The number of fused-ring (bicyclic) bond motifs is 5. The molecule has 72 valence electrons. The molecule has 2 bridgehead atoms. The molecule has 6 heteroatoms. The zero-order chi connectivity index (χ0) is 10.1. The van der Waals surface area contributed by atoms with E-state index in [0.717, 1.165) is 0 Å². The highest BCUT2D eigenvalue weighted by atomic mass is 16.6. The summed E-state index contributed by atoms with van der Waals surface area (Å²) in [5.41, 5.74) is 0.651. The number of nitro benzene ring substituents is 1. The van der Waals surface area contributed by atoms with E-state index in [-0.39, 0.29) is 18.0 Å². The normalized spacial score (nSPS) is 13.9. The number of ether oxygens (including phenoxy) is 1. The highest BCUT2D eigenvalue weighted by molar-refractivity contribution is 5.88. The van der Waals surface area contributed by atoms with Gasteiger partial charge in [-0.25, -0.2) is 4.79 Å². The Morgan fingerprint density at radius 3 is 3.00 bits per heavy atom. The number of anilines is 1. The summed E-state index contributed by atoms with van der Waals surface area (Å²) in [5, 5.41) is 12.9. The van der Waals surface area contributed by atoms with E-state index < -0.39 is 11.0 Å². The van der Waals surface area contributed by atoms with Crippen molar-refractivity contribution in [3.05, 3.63) is 33.9 Å². The molecule has 2 heterocycles. The van der Waals surface area contributed by atoms with E-state index >= 15 is 0 Å². The first-order chi connectivity index (χ1) is 6.66. The van der Waals surface area contributed by atoms with E-state index in [0.29, 0.717) is 5.56 Å². The molecule has 0 atom stereocenters. The minimum Gasteiger partial charge on any atom is -0.444 e. The van der Waals surface area contributed by atoms with Crippen molar-refractivity contribution in [2.24, 2.45) is 0 Å². The quantitative estimate of drug-likeness (QED) is 0.544. The van der Waals surface area contributed by atoms with Gasteiger partial charge in [-0.3, -0.25) is 15.4 Å². The van der Waals surface area contributed by atoms with Gasteiger partial charge >= 0.3 is 6.09 Å². The van der Waals surface area contributed by atoms with Crippen LogP contribution in [0, 0.1) is 10.1 Å². The predicted octanol–water partition coefficient (Wildman–Crippen LogP) is 1.66. The van der Waals surface area contributed by atoms with Crippen LogP contribution in [0.2, 0.25) is 0 Å². The largest absolute Gasteiger partial charge is 0.444 e. The highest BCUT2D eigenvalue weighted by Crippen LogP contribution is 2.27. The molecule has 2 aliphatic heterocycles. The van der Waals surface area contributed by atoms with Crippen LogP contribution in [0.3, 0.4) is 0 Å². The number of nitrogens with zero attached hydrogens (tertiary/aromatic N) is 1. The molecule has 0 aromatic heterocycles. The van der Waals surface area contributed by atoms with Gasteiger partial charge in [-0.15, -0.1) is 0 Å². The van der Waals surface area contributed by atoms with Crippen LogP contribution in [0.15, 0.2) is 18.2 Å². The standard InChI is InChI=1S/C8H6N2O4/c11-8-9-6-2-1-5(4-14-8)3-7(6)10(12)13/h1-3H,4H2,(H,9,11). The molecule has 1 aromatic rings. The molecule has 0 saturated carbocycles. The maximum atomic E-state index is 10.9. The Kier molecular flexibility index (Phi) is 1.81. The Hall–Kier alpha value is -2.11. The predicted molar refractivity (Wildman–Crippen MR) is 46.9 cm³/mol. The fourth-order valence-electron chi connectivity index (χ4n) is 1.22. The van der Waals surface area contributed by atoms with E-state index in [1.807, 2.05) is 0 Å². The number of amides is 1. The summed E-state index contributed by atoms with van der Waals surface area (Å²) in [5.74, 6) is 0. The number of carbonyl (C=O) groups is 1. The topological polar surface area (TPSA) is 81.5 Å². The minimum absolute atomic E-state index is 0.0486. The van der Waals surface area contributed by atoms with Gasteiger partial charge in [0.15, 0.2) is 0 Å². The molecule has 0 fully saturated rings. The second-order valence-corrected chi connectivity index (χ2v) is 2.81. The SMILES string of the molecule is O=C1Nc2ccc(cc2[N+](=O)[O-])CO1. The fourth-order valence-corrected chi connectivity index (χ4v) is 1.22. The molecule has 6 nitrogen and oxygen atoms in total. The van der Waals surface area contributed by atoms with E-state index in [1.165, 1.54) is 12.1 Å². The number of hydrogen-bond acceptors (Lipinski definition) is 4. The van der Waals surface area contributed by atoms with Gasteiger partial charge in [0.25, 0.3) is 5.69 Å². The average Bonchev–Trinajstić information content (AvgIpc) is 2.11. The van der Waals surface area contributed by atoms with Crippen LogP contribution in [0.4, 0.5) is 16.2 Å². The van der Waals surface area contributed by atoms with Crippen molar-refractivity contribution < 1.29 is 14.5 Å². The summed E-state index contributed by atoms with van der Waals surface area (Å²) in [6, 6.07) is 4.55. The molecule has 3 rings (SSSR count). The Morgan fingerprint density at radius 2 is 2.29 bits per heavy atom. The lowest BCUT2D eigenvalue weighted by Crippen LogP contribution is -2.17. The van der Waals surface area contributed by atoms with Crippen molar-refractivity contribution in [2.75, 3.05) is 5.32 Å². The van der Waals surface area contributed by atoms with Gasteiger partial charge in [-0.1, -0.05) is 6.07 Å². The molecule has 0 unspecified atom stereocenters. The zero-order valence-electron chi connectivity index (χ0n) is 7.02. The Balaban J connectivity index is 2.54. The summed E-state index contributed by atoms with van der Waals surface area (Å²) >= 11 is 0.